The number of benzene rings is 1. The SMILES string of the molecule is O=C(Cc1ccc(Oc2ccnc3cc(-c4ccc(CN5CCN(C(=O)CCCC[C@H]6SC[C@H]7NC(=O)N[C@H]76)CC5)cn4)sc23)c(F)c1)CC1CC1. The number of halogens is 1. The fraction of sp³-hybridized carbons (Fsp3) is 0.462. The third kappa shape index (κ3) is 8.26. The minimum atomic E-state index is -0.494. The predicted octanol–water partition coefficient (Wildman–Crippen LogP) is 6.57. The molecule has 0 radical (unpaired) electrons. The Morgan fingerprint density at radius 2 is 1.81 bits per heavy atom. The second kappa shape index (κ2) is 15.5. The standard InChI is InChI=1S/C39H43FN6O4S2/c40-28-19-25(18-27(47)17-24-5-6-24)8-10-32(28)50-33-11-12-41-30-20-35(52-38(30)33)29-9-7-26(21-42-29)22-45-13-15-46(16-14-45)36(48)4-2-1-3-34-37-31(23-51-34)43-39(49)44-37/h7-12,19-21,24,31,34,37H,1-6,13-18,22-23H2,(H2,43,44,49)/t31-,34-,37-/m1/s1. The lowest BCUT2D eigenvalue weighted by molar-refractivity contribution is -0.133. The number of thiophene rings is 1. The van der Waals surface area contributed by atoms with E-state index in [0.29, 0.717) is 35.3 Å². The number of Topliss-reactive ketones (excluding diaryl/α,β-unsaturated/α-hetero) is 1. The summed E-state index contributed by atoms with van der Waals surface area (Å²) >= 11 is 3.43. The van der Waals surface area contributed by atoms with Gasteiger partial charge in [-0.3, -0.25) is 24.5 Å². The first kappa shape index (κ1) is 35.0. The smallest absolute Gasteiger partial charge is 0.315 e. The van der Waals surface area contributed by atoms with Crippen LogP contribution in [0.1, 0.15) is 56.1 Å². The zero-order chi connectivity index (χ0) is 35.6. The summed E-state index contributed by atoms with van der Waals surface area (Å²) in [7, 11) is 0. The lowest BCUT2D eigenvalue weighted by Crippen LogP contribution is -2.48. The second-order valence-electron chi connectivity index (χ2n) is 14.4. The van der Waals surface area contributed by atoms with Crippen LogP contribution in [0.5, 0.6) is 11.5 Å². The Labute approximate surface area is 310 Å². The number of carbonyl (C=O) groups excluding carboxylic acids is 3. The van der Waals surface area contributed by atoms with Crippen LogP contribution in [-0.4, -0.2) is 86.8 Å². The number of amides is 3. The van der Waals surface area contributed by atoms with Gasteiger partial charge in [0, 0.05) is 81.4 Å². The van der Waals surface area contributed by atoms with Gasteiger partial charge in [-0.15, -0.1) is 11.3 Å². The van der Waals surface area contributed by atoms with E-state index in [1.807, 2.05) is 35.0 Å². The molecule has 4 aromatic rings. The molecule has 3 amide bonds. The second-order valence-corrected chi connectivity index (χ2v) is 16.8. The number of rotatable bonds is 14. The molecule has 0 unspecified atom stereocenters. The average molecular weight is 743 g/mol. The van der Waals surface area contributed by atoms with Crippen LogP contribution in [0.25, 0.3) is 20.8 Å². The van der Waals surface area contributed by atoms with Crippen LogP contribution in [0.3, 0.4) is 0 Å². The summed E-state index contributed by atoms with van der Waals surface area (Å²) in [5, 5.41) is 6.47. The van der Waals surface area contributed by atoms with Crippen molar-refractivity contribution in [3.05, 3.63) is 71.8 Å². The number of ketones is 1. The van der Waals surface area contributed by atoms with Crippen LogP contribution >= 0.6 is 23.1 Å². The summed E-state index contributed by atoms with van der Waals surface area (Å²) in [6, 6.07) is 13.0. The molecule has 2 N–H and O–H groups in total. The Morgan fingerprint density at radius 3 is 2.60 bits per heavy atom. The number of ether oxygens (including phenoxy) is 1. The van der Waals surface area contributed by atoms with Gasteiger partial charge in [0.25, 0.3) is 0 Å². The summed E-state index contributed by atoms with van der Waals surface area (Å²) in [5.41, 5.74) is 3.35. The van der Waals surface area contributed by atoms with Gasteiger partial charge in [0.15, 0.2) is 11.6 Å². The number of aromatic nitrogens is 2. The number of carbonyl (C=O) groups is 3. The van der Waals surface area contributed by atoms with Crippen LogP contribution in [0.2, 0.25) is 0 Å². The molecule has 0 spiro atoms. The van der Waals surface area contributed by atoms with Crippen LogP contribution in [0.4, 0.5) is 9.18 Å². The number of nitrogens with one attached hydrogen (secondary N) is 2. The molecule has 4 aliphatic rings. The molecule has 3 atom stereocenters. The quantitative estimate of drug-likeness (QED) is 0.110. The first-order valence-electron chi connectivity index (χ1n) is 18.4. The largest absolute Gasteiger partial charge is 0.453 e. The predicted molar refractivity (Wildman–Crippen MR) is 201 cm³/mol. The first-order valence-corrected chi connectivity index (χ1v) is 20.2. The summed E-state index contributed by atoms with van der Waals surface area (Å²) in [6.45, 7) is 3.89. The third-order valence-corrected chi connectivity index (χ3v) is 13.2. The number of hydrogen-bond acceptors (Lipinski definition) is 9. The minimum absolute atomic E-state index is 0.0529. The van der Waals surface area contributed by atoms with Crippen LogP contribution in [0.15, 0.2) is 54.9 Å². The van der Waals surface area contributed by atoms with E-state index >= 15 is 4.39 Å². The number of hydrogen-bond donors (Lipinski definition) is 2. The van der Waals surface area contributed by atoms with Crippen molar-refractivity contribution < 1.29 is 23.5 Å². The highest BCUT2D eigenvalue weighted by atomic mass is 32.2. The van der Waals surface area contributed by atoms with Crippen molar-refractivity contribution in [1.82, 2.24) is 30.4 Å². The summed E-state index contributed by atoms with van der Waals surface area (Å²) in [4.78, 5) is 51.4. The van der Waals surface area contributed by atoms with Crippen LogP contribution < -0.4 is 15.4 Å². The van der Waals surface area contributed by atoms with E-state index in [2.05, 4.69) is 26.6 Å². The van der Waals surface area contributed by atoms with Gasteiger partial charge in [-0.05, 0) is 67.0 Å². The zero-order valence-corrected chi connectivity index (χ0v) is 30.7. The van der Waals surface area contributed by atoms with Crippen molar-refractivity contribution >= 4 is 51.0 Å². The Hall–Kier alpha value is -4.07. The van der Waals surface area contributed by atoms with Crippen molar-refractivity contribution in [3.8, 4) is 22.1 Å². The number of pyridine rings is 2. The molecule has 52 heavy (non-hydrogen) atoms. The van der Waals surface area contributed by atoms with Crippen LogP contribution in [0, 0.1) is 11.7 Å². The topological polar surface area (TPSA) is 117 Å². The normalized spacial score (nSPS) is 21.6. The maximum absolute atomic E-state index is 15.0. The van der Waals surface area contributed by atoms with Gasteiger partial charge in [-0.25, -0.2) is 9.18 Å². The van der Waals surface area contributed by atoms with Gasteiger partial charge < -0.3 is 20.3 Å². The van der Waals surface area contributed by atoms with Gasteiger partial charge >= 0.3 is 6.03 Å². The molecule has 3 aliphatic heterocycles. The van der Waals surface area contributed by atoms with E-state index in [-0.39, 0.29) is 42.0 Å². The van der Waals surface area contributed by atoms with E-state index < -0.39 is 5.82 Å². The van der Waals surface area contributed by atoms with Crippen molar-refractivity contribution in [3.63, 3.8) is 0 Å². The highest BCUT2D eigenvalue weighted by molar-refractivity contribution is 8.00. The van der Waals surface area contributed by atoms with Crippen molar-refractivity contribution in [2.45, 2.75) is 75.2 Å². The molecule has 0 bridgehead atoms. The van der Waals surface area contributed by atoms with E-state index in [0.717, 1.165) is 96.9 Å². The van der Waals surface area contributed by atoms with E-state index in [1.54, 1.807) is 24.4 Å². The summed E-state index contributed by atoms with van der Waals surface area (Å²) in [6.07, 6.45) is 10.1. The lowest BCUT2D eigenvalue weighted by Gasteiger charge is -2.34. The Morgan fingerprint density at radius 1 is 0.962 bits per heavy atom. The molecule has 13 heteroatoms. The number of unbranched alkanes of at least 4 members (excludes halogenated alkanes) is 1. The first-order chi connectivity index (χ1) is 25.3. The third-order valence-electron chi connectivity index (χ3n) is 10.5. The number of urea groups is 1. The zero-order valence-electron chi connectivity index (χ0n) is 29.0. The maximum Gasteiger partial charge on any atom is 0.315 e. The van der Waals surface area contributed by atoms with E-state index in [9.17, 15) is 14.4 Å². The Bertz CT molecular complexity index is 1940. The average Bonchev–Trinajstić information content (AvgIpc) is 3.52. The highest BCUT2D eigenvalue weighted by Gasteiger charge is 2.42. The van der Waals surface area contributed by atoms with Crippen molar-refractivity contribution in [1.29, 1.82) is 0 Å². The molecule has 4 fully saturated rings. The lowest BCUT2D eigenvalue weighted by atomic mass is 10.0. The number of fused-ring (bicyclic) bond motifs is 2. The molecule has 1 aliphatic carbocycles. The van der Waals surface area contributed by atoms with Gasteiger partial charge in [-0.2, -0.15) is 11.8 Å². The fourth-order valence-corrected chi connectivity index (χ4v) is 10.0. The molecular formula is C39H43FN6O4S2. The highest BCUT2D eigenvalue weighted by Crippen LogP contribution is 2.39. The fourth-order valence-electron chi connectivity index (χ4n) is 7.42. The van der Waals surface area contributed by atoms with E-state index in [1.165, 1.54) is 17.4 Å². The number of nitrogens with zero attached hydrogens (tertiary/aromatic N) is 4. The molecule has 8 rings (SSSR count). The van der Waals surface area contributed by atoms with E-state index in [4.69, 9.17) is 9.72 Å². The number of thioether (sulfide) groups is 1. The van der Waals surface area contributed by atoms with Crippen LogP contribution in [-0.2, 0) is 22.6 Å². The molecule has 10 nitrogen and oxygen atoms in total. The Balaban J connectivity index is 0.803. The van der Waals surface area contributed by atoms with Crippen molar-refractivity contribution in [2.24, 2.45) is 5.92 Å². The molecule has 1 saturated carbocycles. The summed E-state index contributed by atoms with van der Waals surface area (Å²) < 4.78 is 21.9. The van der Waals surface area contributed by atoms with Gasteiger partial charge in [-0.1, -0.05) is 18.6 Å². The summed E-state index contributed by atoms with van der Waals surface area (Å²) in [5.74, 6) is 2.01. The molecular weight excluding hydrogens is 700 g/mol. The molecule has 6 heterocycles. The molecule has 1 aromatic carbocycles. The molecule has 3 aromatic heterocycles. The van der Waals surface area contributed by atoms with Gasteiger partial charge in [0.1, 0.15) is 11.5 Å². The van der Waals surface area contributed by atoms with Gasteiger partial charge in [0.05, 0.1) is 32.9 Å². The molecule has 272 valence electrons. The maximum atomic E-state index is 15.0. The molecule has 3 saturated heterocycles. The van der Waals surface area contributed by atoms with Crippen molar-refractivity contribution in [2.75, 3.05) is 31.9 Å². The Kier molecular flexibility index (Phi) is 10.4. The number of piperazine rings is 1. The monoisotopic (exact) mass is 742 g/mol. The minimum Gasteiger partial charge on any atom is -0.453 e. The van der Waals surface area contributed by atoms with Gasteiger partial charge in [0.2, 0.25) is 5.91 Å².